The number of aromatic nitrogens is 4. The maximum absolute atomic E-state index is 14.9. The van der Waals surface area contributed by atoms with Crippen LogP contribution in [-0.2, 0) is 31.2 Å². The standard InChI is InChI=1S/C37H39F2N8O6PS/c38-37(39,54(51,52)53)27-7-10-31-25(14-27)15-32(35(40)49)55(31)34-16-33(48)47-28(8-9-30(47)36(50)45-19-26(20-45)23-5-3-12-41-17-23)11-13-44(34)18-24-4-1-2-6-29(24)46-22-42-21-43-46/h1-7,10,12,14-15,17,21-22,26,28,30,34,55H,8-9,11,13,16,18-20H2,(H2,40,49)(H2,51,52,53)/t28-,30+,34?/m1/s1. The molecule has 3 saturated heterocycles. The minimum Gasteiger partial charge on any atom is -0.365 e. The fourth-order valence-electron chi connectivity index (χ4n) is 8.30. The van der Waals surface area contributed by atoms with E-state index in [2.05, 4.69) is 20.0 Å². The topological polar surface area (TPSA) is 188 Å². The molecule has 4 N–H and O–H groups in total. The van der Waals surface area contributed by atoms with Gasteiger partial charge < -0.3 is 25.3 Å². The van der Waals surface area contributed by atoms with Crippen molar-refractivity contribution in [3.8, 4) is 5.69 Å². The number of hydrogen-bond acceptors (Lipinski definition) is 8. The highest BCUT2D eigenvalue weighted by Gasteiger charge is 2.52. The lowest BCUT2D eigenvalue weighted by atomic mass is 9.92. The number of halogens is 2. The van der Waals surface area contributed by atoms with Crippen LogP contribution in [0.4, 0.5) is 8.78 Å². The van der Waals surface area contributed by atoms with Crippen LogP contribution in [0.25, 0.3) is 11.8 Å². The summed E-state index contributed by atoms with van der Waals surface area (Å²) in [6.07, 6.45) is 9.51. The van der Waals surface area contributed by atoms with Crippen LogP contribution in [0.3, 0.4) is 0 Å². The second kappa shape index (κ2) is 14.4. The Hall–Kier alpha value is -4.80. The van der Waals surface area contributed by atoms with Gasteiger partial charge in [0.2, 0.25) is 11.8 Å². The van der Waals surface area contributed by atoms with Crippen molar-refractivity contribution in [2.45, 2.75) is 66.2 Å². The van der Waals surface area contributed by atoms with E-state index in [1.165, 1.54) is 18.5 Å². The second-order valence-electron chi connectivity index (χ2n) is 14.3. The molecule has 4 aromatic rings. The fourth-order valence-corrected chi connectivity index (χ4v) is 11.7. The van der Waals surface area contributed by atoms with Gasteiger partial charge in [0, 0.05) is 61.0 Å². The lowest BCUT2D eigenvalue weighted by Gasteiger charge is -2.45. The number of carbonyl (C=O) groups is 3. The van der Waals surface area contributed by atoms with Gasteiger partial charge in [0.05, 0.1) is 22.4 Å². The summed E-state index contributed by atoms with van der Waals surface area (Å²) >= 11 is 0. The number of nitrogens with zero attached hydrogens (tertiary/aromatic N) is 7. The van der Waals surface area contributed by atoms with Crippen LogP contribution in [0, 0.1) is 0 Å². The summed E-state index contributed by atoms with van der Waals surface area (Å²) in [6, 6.07) is 13.9. The van der Waals surface area contributed by atoms with Crippen LogP contribution >= 0.6 is 18.5 Å². The van der Waals surface area contributed by atoms with E-state index in [1.807, 2.05) is 36.4 Å². The Morgan fingerprint density at radius 2 is 1.84 bits per heavy atom. The van der Waals surface area contributed by atoms with Crippen LogP contribution < -0.4 is 5.73 Å². The Kier molecular flexibility index (Phi) is 9.70. The second-order valence-corrected chi connectivity index (χ2v) is 18.3. The number of thiol groups is 1. The van der Waals surface area contributed by atoms with Gasteiger partial charge in [0.1, 0.15) is 18.7 Å². The number of benzene rings is 2. The quantitative estimate of drug-likeness (QED) is 0.144. The number of alkyl halides is 2. The number of fused-ring (bicyclic) bond motifs is 2. The first-order valence-corrected chi connectivity index (χ1v) is 20.9. The summed E-state index contributed by atoms with van der Waals surface area (Å²) in [7, 11) is -7.68. The van der Waals surface area contributed by atoms with Crippen LogP contribution in [-0.4, -0.2) is 99.0 Å². The van der Waals surface area contributed by atoms with Gasteiger partial charge in [-0.25, -0.2) is 9.67 Å². The molecule has 2 aromatic heterocycles. The van der Waals surface area contributed by atoms with Crippen LogP contribution in [0.15, 0.2) is 89.4 Å². The summed E-state index contributed by atoms with van der Waals surface area (Å²) in [5.74, 6) is -0.979. The molecule has 3 fully saturated rings. The molecule has 3 amide bonds. The molecule has 6 heterocycles. The predicted octanol–water partition coefficient (Wildman–Crippen LogP) is 3.70. The number of para-hydroxylation sites is 1. The van der Waals surface area contributed by atoms with Crippen molar-refractivity contribution in [2.75, 3.05) is 19.6 Å². The summed E-state index contributed by atoms with van der Waals surface area (Å²) in [4.78, 5) is 75.3. The van der Waals surface area contributed by atoms with E-state index in [0.29, 0.717) is 50.3 Å². The smallest absolute Gasteiger partial charge is 0.365 e. The SMILES string of the molecule is NC(=O)C1=Cc2cc(C(F)(F)P(=O)(O)O)ccc2[SH]1C1CC(=O)N2[C@H](CC[C@H]2C(=O)N2CC(c3cccnc3)C2)CCN1Cc1ccccc1-n1cncn1. The predicted molar refractivity (Wildman–Crippen MR) is 199 cm³/mol. The summed E-state index contributed by atoms with van der Waals surface area (Å²) in [5, 5.41) is 3.64. The molecule has 14 nitrogen and oxygen atoms in total. The molecule has 2 aromatic carbocycles. The van der Waals surface area contributed by atoms with Crippen LogP contribution in [0.5, 0.6) is 0 Å². The Balaban J connectivity index is 1.14. The molecule has 18 heteroatoms. The molecule has 4 aliphatic rings. The van der Waals surface area contributed by atoms with E-state index in [-0.39, 0.29) is 40.7 Å². The Bertz CT molecular complexity index is 2220. The maximum atomic E-state index is 14.9. The van der Waals surface area contributed by atoms with Crippen molar-refractivity contribution in [3.05, 3.63) is 107 Å². The molecule has 0 bridgehead atoms. The van der Waals surface area contributed by atoms with Crippen LogP contribution in [0.2, 0.25) is 0 Å². The lowest BCUT2D eigenvalue weighted by molar-refractivity contribution is -0.149. The minimum atomic E-state index is -5.88. The molecule has 288 valence electrons. The highest BCUT2D eigenvalue weighted by molar-refractivity contribution is 8.22. The number of primary amides is 1. The highest BCUT2D eigenvalue weighted by Crippen LogP contribution is 2.62. The largest absolute Gasteiger partial charge is 0.399 e. The van der Waals surface area contributed by atoms with Gasteiger partial charge in [-0.1, -0.05) is 30.3 Å². The van der Waals surface area contributed by atoms with Crippen molar-refractivity contribution in [2.24, 2.45) is 5.73 Å². The van der Waals surface area contributed by atoms with E-state index in [4.69, 9.17) is 5.73 Å². The zero-order chi connectivity index (χ0) is 38.6. The molecule has 0 radical (unpaired) electrons. The first-order chi connectivity index (χ1) is 26.3. The molecule has 0 aliphatic carbocycles. The maximum Gasteiger partial charge on any atom is 0.399 e. The monoisotopic (exact) mass is 792 g/mol. The zero-order valence-corrected chi connectivity index (χ0v) is 31.2. The molecule has 0 spiro atoms. The number of rotatable bonds is 9. The number of likely N-dealkylation sites (tertiary alicyclic amines) is 1. The van der Waals surface area contributed by atoms with E-state index in [0.717, 1.165) is 28.9 Å². The zero-order valence-electron chi connectivity index (χ0n) is 29.4. The molecule has 2 unspecified atom stereocenters. The number of pyridine rings is 1. The Morgan fingerprint density at radius 3 is 2.55 bits per heavy atom. The van der Waals surface area contributed by atoms with Gasteiger partial charge in [0.15, 0.2) is 0 Å². The molecule has 4 aliphatic heterocycles. The molecular weight excluding hydrogens is 753 g/mol. The summed E-state index contributed by atoms with van der Waals surface area (Å²) < 4.78 is 43.2. The molecular formula is C37H39F2N8O6PS. The van der Waals surface area contributed by atoms with Gasteiger partial charge >= 0.3 is 13.3 Å². The Labute approximate surface area is 317 Å². The third-order valence-electron chi connectivity index (χ3n) is 11.1. The third-order valence-corrected chi connectivity index (χ3v) is 15.0. The van der Waals surface area contributed by atoms with Crippen molar-refractivity contribution in [1.82, 2.24) is 34.4 Å². The van der Waals surface area contributed by atoms with Crippen molar-refractivity contribution >= 4 is 42.3 Å². The van der Waals surface area contributed by atoms with Crippen LogP contribution in [0.1, 0.15) is 53.9 Å². The van der Waals surface area contributed by atoms with Crippen molar-refractivity contribution < 1.29 is 37.5 Å². The van der Waals surface area contributed by atoms with E-state index >= 15 is 0 Å². The molecule has 0 saturated carbocycles. The number of nitrogens with two attached hydrogens (primary N) is 1. The number of carbonyl (C=O) groups excluding carboxylic acids is 3. The fraction of sp³-hybridized carbons (Fsp3) is 0.351. The van der Waals surface area contributed by atoms with Crippen molar-refractivity contribution in [1.29, 1.82) is 0 Å². The van der Waals surface area contributed by atoms with Gasteiger partial charge in [0.25, 0.3) is 5.91 Å². The third kappa shape index (κ3) is 6.77. The highest BCUT2D eigenvalue weighted by atomic mass is 32.2. The van der Waals surface area contributed by atoms with Gasteiger partial charge in [-0.05, 0) is 66.3 Å². The van der Waals surface area contributed by atoms with Crippen molar-refractivity contribution in [3.63, 3.8) is 0 Å². The van der Waals surface area contributed by atoms with E-state index in [1.54, 1.807) is 33.2 Å². The first kappa shape index (κ1) is 37.1. The van der Waals surface area contributed by atoms with Gasteiger partial charge in [-0.2, -0.15) is 24.8 Å². The number of amides is 3. The van der Waals surface area contributed by atoms with Gasteiger partial charge in [-0.15, -0.1) is 0 Å². The molecule has 4 atom stereocenters. The summed E-state index contributed by atoms with van der Waals surface area (Å²) in [5.41, 5.74) is 3.44. The van der Waals surface area contributed by atoms with E-state index < -0.39 is 47.0 Å². The minimum absolute atomic E-state index is 0.0970. The normalized spacial score (nSPS) is 24.1. The lowest BCUT2D eigenvalue weighted by Crippen LogP contribution is -2.57. The summed E-state index contributed by atoms with van der Waals surface area (Å²) in [6.45, 7) is 1.86. The van der Waals surface area contributed by atoms with Gasteiger partial charge in [-0.3, -0.25) is 28.8 Å². The average molecular weight is 793 g/mol. The van der Waals surface area contributed by atoms with E-state index in [9.17, 15) is 37.5 Å². The average Bonchev–Trinajstić information content (AvgIpc) is 3.90. The molecule has 55 heavy (non-hydrogen) atoms. The Morgan fingerprint density at radius 1 is 1.04 bits per heavy atom. The number of hydrogen-bond donors (Lipinski definition) is 4. The first-order valence-electron chi connectivity index (χ1n) is 17.9. The molecule has 8 rings (SSSR count).